The van der Waals surface area contributed by atoms with Crippen molar-refractivity contribution in [3.05, 3.63) is 27.7 Å². The third-order valence-electron chi connectivity index (χ3n) is 2.27. The van der Waals surface area contributed by atoms with Gasteiger partial charge in [-0.3, -0.25) is 0 Å². The van der Waals surface area contributed by atoms with E-state index < -0.39 is 17.4 Å². The standard InChI is InChI=1S/C10H12BrF2NO/c1-5(2-3-14)8-9(13)6(11)4-7(12)10(8)15/h4-5,15H,2-3,14H2,1H3. The number of phenolic OH excluding ortho intramolecular Hbond substituents is 1. The van der Waals surface area contributed by atoms with Gasteiger partial charge in [0.2, 0.25) is 0 Å². The van der Waals surface area contributed by atoms with Gasteiger partial charge in [-0.2, -0.15) is 0 Å². The smallest absolute Gasteiger partial charge is 0.166 e. The summed E-state index contributed by atoms with van der Waals surface area (Å²) in [5.41, 5.74) is 5.31. The van der Waals surface area contributed by atoms with Crippen LogP contribution in [0.5, 0.6) is 5.75 Å². The van der Waals surface area contributed by atoms with Gasteiger partial charge in [-0.15, -0.1) is 0 Å². The number of rotatable bonds is 3. The normalized spacial score (nSPS) is 12.9. The highest BCUT2D eigenvalue weighted by Gasteiger charge is 2.21. The molecule has 5 heteroatoms. The van der Waals surface area contributed by atoms with Gasteiger partial charge < -0.3 is 10.8 Å². The average Bonchev–Trinajstić information content (AvgIpc) is 2.16. The molecule has 0 aliphatic rings. The Bertz CT molecular complexity index is 345. The van der Waals surface area contributed by atoms with Crippen molar-refractivity contribution in [2.24, 2.45) is 5.73 Å². The first-order chi connectivity index (χ1) is 6.99. The Labute approximate surface area is 95.2 Å². The number of benzene rings is 1. The zero-order chi connectivity index (χ0) is 11.6. The van der Waals surface area contributed by atoms with Crippen LogP contribution in [-0.4, -0.2) is 11.7 Å². The van der Waals surface area contributed by atoms with Crippen molar-refractivity contribution < 1.29 is 13.9 Å². The first kappa shape index (κ1) is 12.4. The summed E-state index contributed by atoms with van der Waals surface area (Å²) in [5.74, 6) is -2.41. The van der Waals surface area contributed by atoms with Gasteiger partial charge in [0, 0.05) is 5.56 Å². The van der Waals surface area contributed by atoms with E-state index in [4.69, 9.17) is 5.73 Å². The van der Waals surface area contributed by atoms with Gasteiger partial charge in [0.1, 0.15) is 5.82 Å². The molecule has 0 heterocycles. The first-order valence-electron chi connectivity index (χ1n) is 4.55. The Morgan fingerprint density at radius 3 is 2.67 bits per heavy atom. The van der Waals surface area contributed by atoms with E-state index in [-0.39, 0.29) is 16.0 Å². The predicted octanol–water partition coefficient (Wildman–Crippen LogP) is 2.89. The maximum absolute atomic E-state index is 13.6. The number of nitrogens with two attached hydrogens (primary N) is 1. The van der Waals surface area contributed by atoms with E-state index in [1.807, 2.05) is 0 Å². The van der Waals surface area contributed by atoms with Crippen LogP contribution in [-0.2, 0) is 0 Å². The van der Waals surface area contributed by atoms with E-state index in [9.17, 15) is 13.9 Å². The average molecular weight is 280 g/mol. The minimum atomic E-state index is -0.831. The van der Waals surface area contributed by atoms with Crippen LogP contribution in [0.25, 0.3) is 0 Å². The molecule has 1 unspecified atom stereocenters. The fourth-order valence-corrected chi connectivity index (χ4v) is 1.86. The molecule has 0 aromatic heterocycles. The Morgan fingerprint density at radius 2 is 2.13 bits per heavy atom. The monoisotopic (exact) mass is 279 g/mol. The van der Waals surface area contributed by atoms with Gasteiger partial charge in [-0.25, -0.2) is 8.78 Å². The molecule has 0 aliphatic heterocycles. The number of halogens is 3. The molecule has 1 atom stereocenters. The van der Waals surface area contributed by atoms with Gasteiger partial charge in [-0.1, -0.05) is 6.92 Å². The SMILES string of the molecule is CC(CCN)c1c(O)c(F)cc(Br)c1F. The van der Waals surface area contributed by atoms with Crippen LogP contribution in [0, 0.1) is 11.6 Å². The molecular weight excluding hydrogens is 268 g/mol. The molecule has 3 N–H and O–H groups in total. The summed E-state index contributed by atoms with van der Waals surface area (Å²) in [5, 5.41) is 9.42. The molecule has 84 valence electrons. The molecule has 0 saturated heterocycles. The second-order valence-corrected chi connectivity index (χ2v) is 4.25. The maximum atomic E-state index is 13.6. The summed E-state index contributed by atoms with van der Waals surface area (Å²) in [4.78, 5) is 0. The lowest BCUT2D eigenvalue weighted by Gasteiger charge is -2.14. The van der Waals surface area contributed by atoms with Crippen molar-refractivity contribution in [3.63, 3.8) is 0 Å². The van der Waals surface area contributed by atoms with Gasteiger partial charge in [-0.05, 0) is 40.9 Å². The quantitative estimate of drug-likeness (QED) is 0.836. The van der Waals surface area contributed by atoms with Crippen LogP contribution in [0.15, 0.2) is 10.5 Å². The van der Waals surface area contributed by atoms with Crippen molar-refractivity contribution in [3.8, 4) is 5.75 Å². The van der Waals surface area contributed by atoms with E-state index in [0.29, 0.717) is 13.0 Å². The second kappa shape index (κ2) is 4.90. The Kier molecular flexibility index (Phi) is 4.04. The fraction of sp³-hybridized carbons (Fsp3) is 0.400. The number of phenols is 1. The Hall–Kier alpha value is -0.680. The molecule has 0 bridgehead atoms. The molecule has 0 amide bonds. The summed E-state index contributed by atoms with van der Waals surface area (Å²) < 4.78 is 26.8. The van der Waals surface area contributed by atoms with Crippen LogP contribution >= 0.6 is 15.9 Å². The zero-order valence-electron chi connectivity index (χ0n) is 8.23. The van der Waals surface area contributed by atoms with Crippen LogP contribution in [0.2, 0.25) is 0 Å². The summed E-state index contributed by atoms with van der Waals surface area (Å²) in [6.07, 6.45) is 0.486. The van der Waals surface area contributed by atoms with Crippen molar-refractivity contribution in [2.45, 2.75) is 19.3 Å². The molecule has 0 spiro atoms. The Balaban J connectivity index is 3.26. The van der Waals surface area contributed by atoms with Gasteiger partial charge in [0.25, 0.3) is 0 Å². The second-order valence-electron chi connectivity index (χ2n) is 3.39. The molecule has 0 saturated carbocycles. The number of hydrogen-bond acceptors (Lipinski definition) is 2. The lowest BCUT2D eigenvalue weighted by Crippen LogP contribution is -2.07. The summed E-state index contributed by atoms with van der Waals surface area (Å²) in [6, 6.07) is 0.906. The summed E-state index contributed by atoms with van der Waals surface area (Å²) >= 11 is 2.89. The highest BCUT2D eigenvalue weighted by atomic mass is 79.9. The zero-order valence-corrected chi connectivity index (χ0v) is 9.81. The van der Waals surface area contributed by atoms with E-state index in [1.165, 1.54) is 0 Å². The van der Waals surface area contributed by atoms with Crippen LogP contribution < -0.4 is 5.73 Å². The van der Waals surface area contributed by atoms with Gasteiger partial charge in [0.15, 0.2) is 11.6 Å². The lowest BCUT2D eigenvalue weighted by molar-refractivity contribution is 0.409. The van der Waals surface area contributed by atoms with E-state index >= 15 is 0 Å². The van der Waals surface area contributed by atoms with E-state index in [2.05, 4.69) is 15.9 Å². The molecule has 1 aromatic rings. The van der Waals surface area contributed by atoms with Crippen molar-refractivity contribution in [1.82, 2.24) is 0 Å². The Morgan fingerprint density at radius 1 is 1.53 bits per heavy atom. The largest absolute Gasteiger partial charge is 0.505 e. The maximum Gasteiger partial charge on any atom is 0.166 e. The molecule has 1 aromatic carbocycles. The summed E-state index contributed by atoms with van der Waals surface area (Å²) in [7, 11) is 0. The molecule has 0 aliphatic carbocycles. The van der Waals surface area contributed by atoms with Crippen LogP contribution in [0.1, 0.15) is 24.8 Å². The molecule has 15 heavy (non-hydrogen) atoms. The van der Waals surface area contributed by atoms with Gasteiger partial charge in [0.05, 0.1) is 4.47 Å². The molecule has 0 fully saturated rings. The first-order valence-corrected chi connectivity index (χ1v) is 5.34. The predicted molar refractivity (Wildman–Crippen MR) is 57.8 cm³/mol. The molecule has 1 rings (SSSR count). The molecule has 0 radical (unpaired) electrons. The van der Waals surface area contributed by atoms with E-state index in [0.717, 1.165) is 6.07 Å². The van der Waals surface area contributed by atoms with Gasteiger partial charge >= 0.3 is 0 Å². The third kappa shape index (κ3) is 2.46. The van der Waals surface area contributed by atoms with Crippen LogP contribution in [0.4, 0.5) is 8.78 Å². The highest BCUT2D eigenvalue weighted by molar-refractivity contribution is 9.10. The lowest BCUT2D eigenvalue weighted by atomic mass is 9.96. The van der Waals surface area contributed by atoms with Crippen molar-refractivity contribution in [1.29, 1.82) is 0 Å². The minimum Gasteiger partial charge on any atom is -0.505 e. The minimum absolute atomic E-state index is 0.0108. The van der Waals surface area contributed by atoms with E-state index in [1.54, 1.807) is 6.92 Å². The number of hydrogen-bond donors (Lipinski definition) is 2. The van der Waals surface area contributed by atoms with Crippen LogP contribution in [0.3, 0.4) is 0 Å². The topological polar surface area (TPSA) is 46.2 Å². The summed E-state index contributed by atoms with van der Waals surface area (Å²) in [6.45, 7) is 2.05. The molecular formula is C10H12BrF2NO. The molecule has 2 nitrogen and oxygen atoms in total. The van der Waals surface area contributed by atoms with Crippen molar-refractivity contribution in [2.75, 3.05) is 6.54 Å². The number of aromatic hydroxyl groups is 1. The fourth-order valence-electron chi connectivity index (χ4n) is 1.45. The highest BCUT2D eigenvalue weighted by Crippen LogP contribution is 2.36. The third-order valence-corrected chi connectivity index (χ3v) is 2.85. The van der Waals surface area contributed by atoms with Crippen molar-refractivity contribution >= 4 is 15.9 Å².